The van der Waals surface area contributed by atoms with E-state index in [1.165, 1.54) is 4.90 Å². The third-order valence-corrected chi connectivity index (χ3v) is 7.19. The second-order valence-electron chi connectivity index (χ2n) is 9.18. The molecule has 4 aliphatic heterocycles. The molecular formula is C24H23N3O6. The largest absolute Gasteiger partial charge is 0.454 e. The second kappa shape index (κ2) is 6.79. The predicted octanol–water partition coefficient (Wildman–Crippen LogP) is 1.03. The average Bonchev–Trinajstić information content (AvgIpc) is 3.51. The lowest BCUT2D eigenvalue weighted by Gasteiger charge is -2.30. The Kier molecular flexibility index (Phi) is 4.15. The van der Waals surface area contributed by atoms with E-state index in [4.69, 9.17) is 9.47 Å². The maximum Gasteiger partial charge on any atom is 0.250 e. The molecular weight excluding hydrogens is 426 g/mol. The smallest absolute Gasteiger partial charge is 0.250 e. The van der Waals surface area contributed by atoms with Crippen molar-refractivity contribution in [2.45, 2.75) is 38.1 Å². The van der Waals surface area contributed by atoms with Gasteiger partial charge >= 0.3 is 0 Å². The van der Waals surface area contributed by atoms with Crippen LogP contribution in [0.4, 0.5) is 5.69 Å². The van der Waals surface area contributed by atoms with Crippen molar-refractivity contribution in [3.8, 4) is 11.5 Å². The molecule has 4 heterocycles. The molecule has 2 aromatic rings. The molecule has 2 aromatic carbocycles. The summed E-state index contributed by atoms with van der Waals surface area (Å²) in [7, 11) is 0. The van der Waals surface area contributed by atoms with Crippen LogP contribution in [0.3, 0.4) is 0 Å². The van der Waals surface area contributed by atoms with E-state index in [1.807, 2.05) is 19.1 Å². The molecule has 3 N–H and O–H groups in total. The maximum atomic E-state index is 13.8. The molecule has 0 aromatic heterocycles. The van der Waals surface area contributed by atoms with Crippen molar-refractivity contribution in [2.75, 3.05) is 12.1 Å². The summed E-state index contributed by atoms with van der Waals surface area (Å²) in [5.74, 6) is -1.85. The van der Waals surface area contributed by atoms with Crippen LogP contribution in [0.1, 0.15) is 23.6 Å². The van der Waals surface area contributed by atoms with Gasteiger partial charge in [-0.1, -0.05) is 23.8 Å². The molecule has 9 heteroatoms. The Morgan fingerprint density at radius 1 is 1.12 bits per heavy atom. The Labute approximate surface area is 189 Å². The van der Waals surface area contributed by atoms with Crippen molar-refractivity contribution in [1.82, 2.24) is 10.2 Å². The molecule has 0 aliphatic carbocycles. The number of nitrogens with one attached hydrogen (secondary N) is 2. The van der Waals surface area contributed by atoms with Crippen molar-refractivity contribution < 1.29 is 29.0 Å². The number of hydrogen-bond acceptors (Lipinski definition) is 7. The number of imide groups is 1. The molecule has 4 aliphatic rings. The molecule has 0 unspecified atom stereocenters. The summed E-state index contributed by atoms with van der Waals surface area (Å²) in [6.07, 6.45) is -0.944. The van der Waals surface area contributed by atoms with Crippen molar-refractivity contribution in [2.24, 2.45) is 11.8 Å². The molecule has 0 bridgehead atoms. The van der Waals surface area contributed by atoms with Crippen LogP contribution >= 0.6 is 0 Å². The molecule has 9 nitrogen and oxygen atoms in total. The van der Waals surface area contributed by atoms with Crippen LogP contribution < -0.4 is 20.1 Å². The monoisotopic (exact) mass is 449 g/mol. The van der Waals surface area contributed by atoms with E-state index in [0.717, 1.165) is 5.56 Å². The Morgan fingerprint density at radius 3 is 2.70 bits per heavy atom. The van der Waals surface area contributed by atoms with E-state index in [1.54, 1.807) is 31.2 Å². The summed E-state index contributed by atoms with van der Waals surface area (Å²) < 4.78 is 10.7. The fourth-order valence-corrected chi connectivity index (χ4v) is 5.70. The van der Waals surface area contributed by atoms with Gasteiger partial charge in [-0.15, -0.1) is 0 Å². The van der Waals surface area contributed by atoms with E-state index in [-0.39, 0.29) is 19.2 Å². The van der Waals surface area contributed by atoms with Gasteiger partial charge in [0.15, 0.2) is 11.5 Å². The summed E-state index contributed by atoms with van der Waals surface area (Å²) in [6, 6.07) is 10.1. The van der Waals surface area contributed by atoms with Crippen LogP contribution in [0.5, 0.6) is 11.5 Å². The number of hydrogen-bond donors (Lipinski definition) is 3. The number of fused-ring (bicyclic) bond motifs is 5. The van der Waals surface area contributed by atoms with E-state index in [0.29, 0.717) is 28.3 Å². The van der Waals surface area contributed by atoms with Gasteiger partial charge in [0, 0.05) is 17.3 Å². The van der Waals surface area contributed by atoms with Crippen molar-refractivity contribution >= 4 is 23.4 Å². The number of rotatable bonds is 3. The molecule has 33 heavy (non-hydrogen) atoms. The molecule has 170 valence electrons. The number of nitrogens with zero attached hydrogens (tertiary/aromatic N) is 1. The van der Waals surface area contributed by atoms with E-state index in [2.05, 4.69) is 10.6 Å². The highest BCUT2D eigenvalue weighted by Crippen LogP contribution is 2.53. The zero-order valence-corrected chi connectivity index (χ0v) is 18.1. The highest BCUT2D eigenvalue weighted by Gasteiger charge is 2.71. The number of anilines is 1. The number of aliphatic hydroxyl groups is 1. The zero-order chi connectivity index (χ0) is 23.1. The second-order valence-corrected chi connectivity index (χ2v) is 9.18. The number of ether oxygens (including phenoxy) is 2. The van der Waals surface area contributed by atoms with Crippen LogP contribution in [0.15, 0.2) is 36.4 Å². The normalized spacial score (nSPS) is 30.1. The Morgan fingerprint density at radius 2 is 1.91 bits per heavy atom. The fraction of sp³-hybridized carbons (Fsp3) is 0.375. The first-order chi connectivity index (χ1) is 15.8. The van der Waals surface area contributed by atoms with Gasteiger partial charge in [-0.2, -0.15) is 0 Å². The summed E-state index contributed by atoms with van der Waals surface area (Å²) in [4.78, 5) is 41.9. The highest BCUT2D eigenvalue weighted by molar-refractivity contribution is 6.15. The lowest BCUT2D eigenvalue weighted by Crippen LogP contribution is -2.54. The number of benzene rings is 2. The predicted molar refractivity (Wildman–Crippen MR) is 115 cm³/mol. The first kappa shape index (κ1) is 20.2. The lowest BCUT2D eigenvalue weighted by molar-refractivity contribution is -0.143. The molecule has 6 rings (SSSR count). The molecule has 5 atom stereocenters. The Hall–Kier alpha value is -3.43. The summed E-state index contributed by atoms with van der Waals surface area (Å²) >= 11 is 0. The van der Waals surface area contributed by atoms with Gasteiger partial charge in [-0.25, -0.2) is 0 Å². The topological polar surface area (TPSA) is 117 Å². The zero-order valence-electron chi connectivity index (χ0n) is 18.1. The molecule has 2 fully saturated rings. The van der Waals surface area contributed by atoms with Gasteiger partial charge in [0.2, 0.25) is 24.5 Å². The van der Waals surface area contributed by atoms with E-state index >= 15 is 0 Å². The van der Waals surface area contributed by atoms with Crippen LogP contribution in [-0.2, 0) is 26.5 Å². The molecule has 0 saturated carbocycles. The number of carbonyl (C=O) groups excluding carboxylic acids is 3. The van der Waals surface area contributed by atoms with Crippen LogP contribution in [0.2, 0.25) is 0 Å². The average molecular weight is 449 g/mol. The third kappa shape index (κ3) is 2.63. The van der Waals surface area contributed by atoms with Gasteiger partial charge < -0.3 is 19.9 Å². The number of likely N-dealkylation sites (tertiary alicyclic amines) is 1. The quantitative estimate of drug-likeness (QED) is 0.599. The number of carbonyl (C=O) groups is 3. The maximum absolute atomic E-state index is 13.8. The van der Waals surface area contributed by atoms with Crippen molar-refractivity contribution in [1.29, 1.82) is 0 Å². The third-order valence-electron chi connectivity index (χ3n) is 7.19. The number of aryl methyl sites for hydroxylation is 1. The summed E-state index contributed by atoms with van der Waals surface area (Å²) in [6.45, 7) is 3.65. The molecule has 1 spiro atoms. The Balaban J connectivity index is 1.42. The van der Waals surface area contributed by atoms with Gasteiger partial charge in [0.1, 0.15) is 5.54 Å². The first-order valence-electron chi connectivity index (χ1n) is 10.9. The highest BCUT2D eigenvalue weighted by atomic mass is 16.7. The van der Waals surface area contributed by atoms with Crippen LogP contribution in [0.25, 0.3) is 0 Å². The fourth-order valence-electron chi connectivity index (χ4n) is 5.70. The standard InChI is InChI=1S/C24H23N3O6/c1-11-3-5-15-14(7-11)24(23(31)25-15)19-18(20(26-24)12(2)28)21(29)27(22(19)30)9-13-4-6-16-17(8-13)33-10-32-16/h3-8,12,18-20,26,28H,9-10H2,1-2H3,(H,25,31)/t12-,18+,19+,20-,24+/m1/s1. The molecule has 2 saturated heterocycles. The summed E-state index contributed by atoms with van der Waals surface area (Å²) in [5, 5.41) is 16.6. The molecule has 3 amide bonds. The Bertz CT molecular complexity index is 1230. The van der Waals surface area contributed by atoms with E-state index in [9.17, 15) is 19.5 Å². The molecule has 0 radical (unpaired) electrons. The van der Waals surface area contributed by atoms with Gasteiger partial charge in [0.05, 0.1) is 24.5 Å². The van der Waals surface area contributed by atoms with Gasteiger partial charge in [0.25, 0.3) is 0 Å². The summed E-state index contributed by atoms with van der Waals surface area (Å²) in [5.41, 5.74) is 1.47. The number of aliphatic hydroxyl groups excluding tert-OH is 1. The minimum absolute atomic E-state index is 0.0478. The SMILES string of the molecule is Cc1ccc2c(c1)[C@@]1(N[C@H]([C@@H](C)O)[C@H]3C(=O)N(Cc4ccc5c(c4)OCO5)C(=O)[C@H]31)C(=O)N2. The van der Waals surface area contributed by atoms with Crippen LogP contribution in [0, 0.1) is 18.8 Å². The van der Waals surface area contributed by atoms with Crippen molar-refractivity contribution in [3.05, 3.63) is 53.1 Å². The minimum atomic E-state index is -1.41. The first-order valence-corrected chi connectivity index (χ1v) is 10.9. The van der Waals surface area contributed by atoms with Crippen molar-refractivity contribution in [3.63, 3.8) is 0 Å². The van der Waals surface area contributed by atoms with E-state index < -0.39 is 41.3 Å². The number of amides is 3. The van der Waals surface area contributed by atoms with Gasteiger partial charge in [-0.3, -0.25) is 24.6 Å². The van der Waals surface area contributed by atoms with Gasteiger partial charge in [-0.05, 0) is 37.6 Å². The van der Waals surface area contributed by atoms with Crippen LogP contribution in [-0.4, -0.2) is 46.7 Å². The minimum Gasteiger partial charge on any atom is -0.454 e. The lowest BCUT2D eigenvalue weighted by atomic mass is 9.76.